The first-order chi connectivity index (χ1) is 8.56. The molecule has 18 heavy (non-hydrogen) atoms. The first-order valence-corrected chi connectivity index (χ1v) is 5.36. The van der Waals surface area contributed by atoms with E-state index in [1.807, 2.05) is 6.07 Å². The standard InChI is InChI=1S/C12H11F3N2O/c13-9-6-8(7-10(14)11(9)15)12(18)17-5-3-1-2-4-16/h6-7H,1-3,5H2,(H,17,18). The third-order valence-corrected chi connectivity index (χ3v) is 2.25. The zero-order valence-electron chi connectivity index (χ0n) is 9.47. The van der Waals surface area contributed by atoms with Gasteiger partial charge in [0.1, 0.15) is 0 Å². The van der Waals surface area contributed by atoms with Crippen molar-refractivity contribution in [1.29, 1.82) is 5.26 Å². The van der Waals surface area contributed by atoms with Gasteiger partial charge in [-0.3, -0.25) is 4.79 Å². The zero-order chi connectivity index (χ0) is 13.5. The minimum atomic E-state index is -1.60. The highest BCUT2D eigenvalue weighted by molar-refractivity contribution is 5.94. The van der Waals surface area contributed by atoms with Crippen LogP contribution in [0.25, 0.3) is 0 Å². The number of rotatable bonds is 5. The van der Waals surface area contributed by atoms with Crippen molar-refractivity contribution in [3.63, 3.8) is 0 Å². The molecule has 0 fully saturated rings. The lowest BCUT2D eigenvalue weighted by atomic mass is 10.2. The monoisotopic (exact) mass is 256 g/mol. The molecule has 1 rings (SSSR count). The van der Waals surface area contributed by atoms with Crippen LogP contribution in [0.5, 0.6) is 0 Å². The summed E-state index contributed by atoms with van der Waals surface area (Å²) in [6.45, 7) is 0.293. The number of carbonyl (C=O) groups excluding carboxylic acids is 1. The molecule has 0 bridgehead atoms. The summed E-state index contributed by atoms with van der Waals surface area (Å²) >= 11 is 0. The van der Waals surface area contributed by atoms with E-state index in [4.69, 9.17) is 5.26 Å². The van der Waals surface area contributed by atoms with Crippen LogP contribution in [-0.2, 0) is 0 Å². The van der Waals surface area contributed by atoms with E-state index in [-0.39, 0.29) is 5.56 Å². The summed E-state index contributed by atoms with van der Waals surface area (Å²) < 4.78 is 38.4. The summed E-state index contributed by atoms with van der Waals surface area (Å²) in [7, 11) is 0. The number of amides is 1. The van der Waals surface area contributed by atoms with Crippen molar-refractivity contribution >= 4 is 5.91 Å². The SMILES string of the molecule is N#CCCCCNC(=O)c1cc(F)c(F)c(F)c1. The van der Waals surface area contributed by atoms with Gasteiger partial charge >= 0.3 is 0 Å². The Morgan fingerprint density at radius 1 is 1.22 bits per heavy atom. The summed E-state index contributed by atoms with van der Waals surface area (Å²) in [6.07, 6.45) is 1.60. The third kappa shape index (κ3) is 3.77. The minimum absolute atomic E-state index is 0.272. The van der Waals surface area contributed by atoms with Crippen LogP contribution in [0.15, 0.2) is 12.1 Å². The van der Waals surface area contributed by atoms with Gasteiger partial charge in [-0.05, 0) is 25.0 Å². The van der Waals surface area contributed by atoms with E-state index in [0.29, 0.717) is 37.9 Å². The van der Waals surface area contributed by atoms with Gasteiger partial charge in [0.05, 0.1) is 6.07 Å². The molecule has 1 aromatic carbocycles. The lowest BCUT2D eigenvalue weighted by Crippen LogP contribution is -2.24. The Labute approximate surface area is 102 Å². The molecule has 0 unspecified atom stereocenters. The topological polar surface area (TPSA) is 52.9 Å². The molecule has 0 spiro atoms. The lowest BCUT2D eigenvalue weighted by Gasteiger charge is -2.05. The summed E-state index contributed by atoms with van der Waals surface area (Å²) in [5.41, 5.74) is -0.272. The number of nitriles is 1. The number of hydrogen-bond donors (Lipinski definition) is 1. The molecule has 0 saturated carbocycles. The van der Waals surface area contributed by atoms with Crippen LogP contribution in [-0.4, -0.2) is 12.5 Å². The summed E-state index contributed by atoms with van der Waals surface area (Å²) in [5.74, 6) is -5.07. The van der Waals surface area contributed by atoms with Crippen molar-refractivity contribution in [2.75, 3.05) is 6.54 Å². The molecule has 0 heterocycles. The fourth-order valence-electron chi connectivity index (χ4n) is 1.32. The summed E-state index contributed by atoms with van der Waals surface area (Å²) in [6, 6.07) is 3.24. The Hall–Kier alpha value is -2.03. The smallest absolute Gasteiger partial charge is 0.251 e. The van der Waals surface area contributed by atoms with Gasteiger partial charge in [-0.2, -0.15) is 5.26 Å². The number of nitrogens with one attached hydrogen (secondary N) is 1. The highest BCUT2D eigenvalue weighted by atomic mass is 19.2. The van der Waals surface area contributed by atoms with E-state index in [9.17, 15) is 18.0 Å². The third-order valence-electron chi connectivity index (χ3n) is 2.25. The van der Waals surface area contributed by atoms with Crippen LogP contribution in [0.1, 0.15) is 29.6 Å². The van der Waals surface area contributed by atoms with Crippen molar-refractivity contribution in [2.45, 2.75) is 19.3 Å². The second kappa shape index (κ2) is 6.64. The number of benzene rings is 1. The van der Waals surface area contributed by atoms with Crippen LogP contribution in [0.2, 0.25) is 0 Å². The lowest BCUT2D eigenvalue weighted by molar-refractivity contribution is 0.0952. The molecule has 0 aliphatic heterocycles. The van der Waals surface area contributed by atoms with Crippen molar-refractivity contribution in [3.8, 4) is 6.07 Å². The van der Waals surface area contributed by atoms with Gasteiger partial charge in [-0.15, -0.1) is 0 Å². The molecule has 1 aromatic rings. The molecule has 0 aliphatic carbocycles. The Balaban J connectivity index is 2.55. The van der Waals surface area contributed by atoms with Crippen LogP contribution in [0, 0.1) is 28.8 Å². The van der Waals surface area contributed by atoms with Gasteiger partial charge in [0, 0.05) is 18.5 Å². The van der Waals surface area contributed by atoms with E-state index >= 15 is 0 Å². The van der Waals surface area contributed by atoms with E-state index in [0.717, 1.165) is 0 Å². The normalized spacial score (nSPS) is 9.89. The van der Waals surface area contributed by atoms with Gasteiger partial charge in [0.25, 0.3) is 5.91 Å². The average molecular weight is 256 g/mol. The van der Waals surface area contributed by atoms with Crippen LogP contribution in [0.4, 0.5) is 13.2 Å². The van der Waals surface area contributed by atoms with E-state index in [1.165, 1.54) is 0 Å². The fraction of sp³-hybridized carbons (Fsp3) is 0.333. The molecule has 0 aromatic heterocycles. The number of hydrogen-bond acceptors (Lipinski definition) is 2. The average Bonchev–Trinajstić information content (AvgIpc) is 2.34. The molecule has 3 nitrogen and oxygen atoms in total. The molecule has 6 heteroatoms. The molecule has 0 radical (unpaired) electrons. The van der Waals surface area contributed by atoms with Gasteiger partial charge in [-0.1, -0.05) is 0 Å². The first-order valence-electron chi connectivity index (χ1n) is 5.36. The largest absolute Gasteiger partial charge is 0.352 e. The number of nitrogens with zero attached hydrogens (tertiary/aromatic N) is 1. The maximum atomic E-state index is 12.9. The first kappa shape index (κ1) is 14.0. The Morgan fingerprint density at radius 3 is 2.39 bits per heavy atom. The van der Waals surface area contributed by atoms with Crippen LogP contribution in [0.3, 0.4) is 0 Å². The number of unbranched alkanes of at least 4 members (excludes halogenated alkanes) is 2. The van der Waals surface area contributed by atoms with Gasteiger partial charge < -0.3 is 5.32 Å². The number of carbonyl (C=O) groups is 1. The second-order valence-corrected chi connectivity index (χ2v) is 3.62. The van der Waals surface area contributed by atoms with Crippen molar-refractivity contribution in [3.05, 3.63) is 35.1 Å². The van der Waals surface area contributed by atoms with Crippen molar-refractivity contribution < 1.29 is 18.0 Å². The van der Waals surface area contributed by atoms with Gasteiger partial charge in [0.2, 0.25) is 0 Å². The van der Waals surface area contributed by atoms with Crippen LogP contribution < -0.4 is 5.32 Å². The molecule has 0 atom stereocenters. The molecule has 0 saturated heterocycles. The molecule has 1 N–H and O–H groups in total. The van der Waals surface area contributed by atoms with Crippen LogP contribution >= 0.6 is 0 Å². The predicted molar refractivity (Wildman–Crippen MR) is 58.1 cm³/mol. The Bertz CT molecular complexity index is 460. The van der Waals surface area contributed by atoms with Gasteiger partial charge in [0.15, 0.2) is 17.5 Å². The molecular weight excluding hydrogens is 245 g/mol. The Morgan fingerprint density at radius 2 is 1.83 bits per heavy atom. The summed E-state index contributed by atoms with van der Waals surface area (Å²) in [5, 5.41) is 10.7. The molecular formula is C12H11F3N2O. The minimum Gasteiger partial charge on any atom is -0.352 e. The number of halogens is 3. The highest BCUT2D eigenvalue weighted by Gasteiger charge is 2.14. The predicted octanol–water partition coefficient (Wildman–Crippen LogP) is 2.53. The van der Waals surface area contributed by atoms with Gasteiger partial charge in [-0.25, -0.2) is 13.2 Å². The maximum Gasteiger partial charge on any atom is 0.251 e. The molecule has 1 amide bonds. The highest BCUT2D eigenvalue weighted by Crippen LogP contribution is 2.13. The zero-order valence-corrected chi connectivity index (χ0v) is 9.47. The second-order valence-electron chi connectivity index (χ2n) is 3.62. The van der Waals surface area contributed by atoms with E-state index in [2.05, 4.69) is 5.32 Å². The van der Waals surface area contributed by atoms with E-state index < -0.39 is 23.4 Å². The fourth-order valence-corrected chi connectivity index (χ4v) is 1.32. The van der Waals surface area contributed by atoms with Crippen molar-refractivity contribution in [2.24, 2.45) is 0 Å². The molecule has 0 aliphatic rings. The Kier molecular flexibility index (Phi) is 5.18. The van der Waals surface area contributed by atoms with E-state index in [1.54, 1.807) is 0 Å². The quantitative estimate of drug-likeness (QED) is 0.650. The maximum absolute atomic E-state index is 12.9. The summed E-state index contributed by atoms with van der Waals surface area (Å²) in [4.78, 5) is 11.5. The van der Waals surface area contributed by atoms with Crippen molar-refractivity contribution in [1.82, 2.24) is 5.32 Å². The molecule has 96 valence electrons.